The molecule has 1 atom stereocenters. The van der Waals surface area contributed by atoms with Gasteiger partial charge in [-0.05, 0) is 67.8 Å². The van der Waals surface area contributed by atoms with E-state index < -0.39 is 5.82 Å². The van der Waals surface area contributed by atoms with Crippen molar-refractivity contribution in [3.8, 4) is 5.69 Å². The summed E-state index contributed by atoms with van der Waals surface area (Å²) in [5.41, 5.74) is 1.65. The van der Waals surface area contributed by atoms with Crippen molar-refractivity contribution in [3.05, 3.63) is 81.4 Å². The van der Waals surface area contributed by atoms with Crippen molar-refractivity contribution < 1.29 is 9.18 Å². The molecule has 160 valence electrons. The van der Waals surface area contributed by atoms with Gasteiger partial charge in [-0.25, -0.2) is 4.39 Å². The lowest BCUT2D eigenvalue weighted by molar-refractivity contribution is -0.120. The molecule has 1 aromatic heterocycles. The molecular weight excluding hydrogens is 419 g/mol. The molecule has 1 saturated heterocycles. The molecule has 31 heavy (non-hydrogen) atoms. The van der Waals surface area contributed by atoms with E-state index in [1.54, 1.807) is 24.3 Å². The number of hydrogen-bond acceptors (Lipinski definition) is 4. The molecule has 0 bridgehead atoms. The number of anilines is 2. The molecule has 6 nitrogen and oxygen atoms in total. The Morgan fingerprint density at radius 2 is 2.03 bits per heavy atom. The minimum atomic E-state index is -0.441. The van der Waals surface area contributed by atoms with Crippen LogP contribution in [0.1, 0.15) is 18.4 Å². The molecule has 0 saturated carbocycles. The molecular formula is C23H22ClFN4O2. The number of piperidine rings is 1. The van der Waals surface area contributed by atoms with Crippen molar-refractivity contribution in [1.29, 1.82) is 0 Å². The number of amides is 1. The normalized spacial score (nSPS) is 16.2. The van der Waals surface area contributed by atoms with Crippen LogP contribution in [-0.2, 0) is 4.79 Å². The molecule has 1 amide bonds. The van der Waals surface area contributed by atoms with Crippen molar-refractivity contribution in [2.45, 2.75) is 19.8 Å². The number of nitrogens with zero attached hydrogens (tertiary/aromatic N) is 3. The Balaban J connectivity index is 1.52. The summed E-state index contributed by atoms with van der Waals surface area (Å²) in [6.45, 7) is 3.10. The average molecular weight is 441 g/mol. The third-order valence-electron chi connectivity index (χ3n) is 5.40. The van der Waals surface area contributed by atoms with Gasteiger partial charge in [-0.3, -0.25) is 9.59 Å². The second kappa shape index (κ2) is 8.89. The van der Waals surface area contributed by atoms with E-state index in [4.69, 9.17) is 11.6 Å². The van der Waals surface area contributed by atoms with Crippen LogP contribution in [0, 0.1) is 18.7 Å². The Morgan fingerprint density at radius 1 is 1.19 bits per heavy atom. The van der Waals surface area contributed by atoms with Gasteiger partial charge in [-0.15, -0.1) is 5.10 Å². The van der Waals surface area contributed by atoms with Crippen LogP contribution >= 0.6 is 11.6 Å². The fraction of sp³-hybridized carbons (Fsp3) is 0.261. The number of carbonyl (C=O) groups is 1. The Morgan fingerprint density at radius 3 is 2.81 bits per heavy atom. The number of aryl methyl sites for hydroxylation is 1. The number of rotatable bonds is 4. The summed E-state index contributed by atoms with van der Waals surface area (Å²) < 4.78 is 14.8. The molecule has 2 aromatic carbocycles. The summed E-state index contributed by atoms with van der Waals surface area (Å²) in [7, 11) is 0. The summed E-state index contributed by atoms with van der Waals surface area (Å²) in [6.07, 6.45) is 1.58. The van der Waals surface area contributed by atoms with E-state index in [2.05, 4.69) is 10.4 Å². The molecule has 1 N–H and O–H groups in total. The zero-order valence-corrected chi connectivity index (χ0v) is 17.8. The number of aromatic nitrogens is 2. The lowest BCUT2D eigenvalue weighted by Crippen LogP contribution is -2.41. The van der Waals surface area contributed by atoms with E-state index in [1.165, 1.54) is 28.9 Å². The van der Waals surface area contributed by atoms with Gasteiger partial charge in [-0.1, -0.05) is 17.7 Å². The summed E-state index contributed by atoms with van der Waals surface area (Å²) in [5, 5.41) is 8.04. The minimum Gasteiger partial charge on any atom is -0.354 e. The van der Waals surface area contributed by atoms with Gasteiger partial charge in [0.1, 0.15) is 11.6 Å². The zero-order chi connectivity index (χ0) is 22.0. The summed E-state index contributed by atoms with van der Waals surface area (Å²) in [6, 6.07) is 14.1. The minimum absolute atomic E-state index is 0.0615. The summed E-state index contributed by atoms with van der Waals surface area (Å²) >= 11 is 5.99. The molecule has 0 radical (unpaired) electrons. The second-order valence-electron chi connectivity index (χ2n) is 7.66. The summed E-state index contributed by atoms with van der Waals surface area (Å²) in [5.74, 6) is -0.151. The zero-order valence-electron chi connectivity index (χ0n) is 17.0. The van der Waals surface area contributed by atoms with Gasteiger partial charge < -0.3 is 10.2 Å². The third-order valence-corrected chi connectivity index (χ3v) is 5.64. The molecule has 2 heterocycles. The highest BCUT2D eigenvalue weighted by Gasteiger charge is 2.27. The van der Waals surface area contributed by atoms with Gasteiger partial charge in [0, 0.05) is 29.9 Å². The van der Waals surface area contributed by atoms with E-state index in [1.807, 2.05) is 17.9 Å². The monoisotopic (exact) mass is 440 g/mol. The Labute approximate surface area is 184 Å². The smallest absolute Gasteiger partial charge is 0.271 e. The number of nitrogens with one attached hydrogen (secondary N) is 1. The number of hydrogen-bond donors (Lipinski definition) is 1. The molecule has 0 aliphatic carbocycles. The van der Waals surface area contributed by atoms with Crippen molar-refractivity contribution >= 4 is 29.0 Å². The van der Waals surface area contributed by atoms with E-state index in [-0.39, 0.29) is 17.4 Å². The number of halogens is 2. The van der Waals surface area contributed by atoms with E-state index in [0.29, 0.717) is 23.1 Å². The fourth-order valence-electron chi connectivity index (χ4n) is 3.76. The van der Waals surface area contributed by atoms with Crippen LogP contribution in [0.4, 0.5) is 15.9 Å². The van der Waals surface area contributed by atoms with Gasteiger partial charge in [0.25, 0.3) is 5.56 Å². The predicted octanol–water partition coefficient (Wildman–Crippen LogP) is 4.19. The van der Waals surface area contributed by atoms with Crippen LogP contribution in [0.3, 0.4) is 0 Å². The van der Waals surface area contributed by atoms with Gasteiger partial charge in [0.2, 0.25) is 5.91 Å². The first-order chi connectivity index (χ1) is 14.9. The average Bonchev–Trinajstić information content (AvgIpc) is 2.76. The first kappa shape index (κ1) is 21.1. The van der Waals surface area contributed by atoms with Gasteiger partial charge in [0.05, 0.1) is 11.6 Å². The van der Waals surface area contributed by atoms with Crippen LogP contribution in [0.5, 0.6) is 0 Å². The predicted molar refractivity (Wildman–Crippen MR) is 120 cm³/mol. The van der Waals surface area contributed by atoms with Crippen molar-refractivity contribution in [2.24, 2.45) is 5.92 Å². The highest BCUT2D eigenvalue weighted by molar-refractivity contribution is 6.30. The standard InChI is InChI=1S/C23H22ClFN4O2/c1-15-12-17(24)7-8-20(15)26-23(31)16-4-3-11-28(14-16)21-9-10-22(30)29(27-21)19-6-2-5-18(25)13-19/h2,5-10,12-13,16H,3-4,11,14H2,1H3,(H,26,31)/t16-/m0/s1. The second-order valence-corrected chi connectivity index (χ2v) is 8.09. The highest BCUT2D eigenvalue weighted by atomic mass is 35.5. The molecule has 1 aliphatic heterocycles. The molecule has 1 fully saturated rings. The van der Waals surface area contributed by atoms with E-state index >= 15 is 0 Å². The maximum Gasteiger partial charge on any atom is 0.271 e. The first-order valence-corrected chi connectivity index (χ1v) is 10.5. The third kappa shape index (κ3) is 4.77. The van der Waals surface area contributed by atoms with Gasteiger partial charge in [-0.2, -0.15) is 4.68 Å². The molecule has 0 spiro atoms. The summed E-state index contributed by atoms with van der Waals surface area (Å²) in [4.78, 5) is 27.1. The quantitative estimate of drug-likeness (QED) is 0.660. The van der Waals surface area contributed by atoms with Crippen LogP contribution < -0.4 is 15.8 Å². The lowest BCUT2D eigenvalue weighted by Gasteiger charge is -2.33. The lowest BCUT2D eigenvalue weighted by atomic mass is 9.97. The van der Waals surface area contributed by atoms with Crippen LogP contribution in [-0.4, -0.2) is 28.8 Å². The van der Waals surface area contributed by atoms with Crippen molar-refractivity contribution in [1.82, 2.24) is 9.78 Å². The fourth-order valence-corrected chi connectivity index (χ4v) is 3.99. The Hall–Kier alpha value is -3.19. The van der Waals surface area contributed by atoms with E-state index in [0.717, 1.165) is 30.6 Å². The molecule has 4 rings (SSSR count). The van der Waals surface area contributed by atoms with Gasteiger partial charge >= 0.3 is 0 Å². The molecule has 1 aliphatic rings. The molecule has 0 unspecified atom stereocenters. The largest absolute Gasteiger partial charge is 0.354 e. The Bertz CT molecular complexity index is 1180. The van der Waals surface area contributed by atoms with E-state index in [9.17, 15) is 14.0 Å². The van der Waals surface area contributed by atoms with Crippen LogP contribution in [0.15, 0.2) is 59.4 Å². The van der Waals surface area contributed by atoms with Crippen molar-refractivity contribution in [3.63, 3.8) is 0 Å². The van der Waals surface area contributed by atoms with Crippen LogP contribution in [0.2, 0.25) is 5.02 Å². The first-order valence-electron chi connectivity index (χ1n) is 10.1. The maximum absolute atomic E-state index is 13.6. The molecule has 8 heteroatoms. The van der Waals surface area contributed by atoms with Gasteiger partial charge in [0.15, 0.2) is 0 Å². The van der Waals surface area contributed by atoms with Crippen LogP contribution in [0.25, 0.3) is 5.69 Å². The number of benzene rings is 2. The Kier molecular flexibility index (Phi) is 6.04. The van der Waals surface area contributed by atoms with Crippen molar-refractivity contribution in [2.75, 3.05) is 23.3 Å². The number of carbonyl (C=O) groups excluding carboxylic acids is 1. The topological polar surface area (TPSA) is 67.2 Å². The molecule has 3 aromatic rings. The maximum atomic E-state index is 13.6. The highest BCUT2D eigenvalue weighted by Crippen LogP contribution is 2.25. The SMILES string of the molecule is Cc1cc(Cl)ccc1NC(=O)[C@H]1CCCN(c2ccc(=O)n(-c3cccc(F)c3)n2)C1.